The molecule has 10 heavy (non-hydrogen) atoms. The standard InChI is InChI=1S/C8H17BrO/c1-6(8(3)9)5-7(2)10-4/h6-8H,5H2,1-4H3. The smallest absolute Gasteiger partial charge is 0.0546 e. The van der Waals surface area contributed by atoms with E-state index >= 15 is 0 Å². The summed E-state index contributed by atoms with van der Waals surface area (Å²) in [5.74, 6) is 0.690. The summed E-state index contributed by atoms with van der Waals surface area (Å²) >= 11 is 3.54. The summed E-state index contributed by atoms with van der Waals surface area (Å²) < 4.78 is 5.15. The lowest BCUT2D eigenvalue weighted by Gasteiger charge is -2.17. The summed E-state index contributed by atoms with van der Waals surface area (Å²) in [4.78, 5) is 0.588. The normalized spacial score (nSPS) is 20.1. The van der Waals surface area contributed by atoms with Crippen molar-refractivity contribution in [2.24, 2.45) is 5.92 Å². The van der Waals surface area contributed by atoms with Gasteiger partial charge in [-0.3, -0.25) is 0 Å². The maximum atomic E-state index is 5.15. The molecule has 0 aromatic rings. The quantitative estimate of drug-likeness (QED) is 0.647. The van der Waals surface area contributed by atoms with E-state index in [-0.39, 0.29) is 0 Å². The number of ether oxygens (including phenoxy) is 1. The average Bonchev–Trinajstić information content (AvgIpc) is 1.87. The van der Waals surface area contributed by atoms with Crippen LogP contribution in [0.4, 0.5) is 0 Å². The van der Waals surface area contributed by atoms with Crippen molar-refractivity contribution in [1.29, 1.82) is 0 Å². The Labute approximate surface area is 72.3 Å². The Kier molecular flexibility index (Phi) is 5.36. The van der Waals surface area contributed by atoms with Gasteiger partial charge in [-0.1, -0.05) is 29.8 Å². The van der Waals surface area contributed by atoms with Gasteiger partial charge in [0, 0.05) is 11.9 Å². The molecule has 0 aliphatic rings. The molecule has 0 aliphatic carbocycles. The fourth-order valence-electron chi connectivity index (χ4n) is 0.807. The highest BCUT2D eigenvalue weighted by Gasteiger charge is 2.11. The molecule has 1 nitrogen and oxygen atoms in total. The molecule has 0 amide bonds. The van der Waals surface area contributed by atoms with Gasteiger partial charge in [0.15, 0.2) is 0 Å². The van der Waals surface area contributed by atoms with E-state index in [1.54, 1.807) is 7.11 Å². The Morgan fingerprint density at radius 1 is 1.30 bits per heavy atom. The Morgan fingerprint density at radius 2 is 1.80 bits per heavy atom. The Balaban J connectivity index is 3.46. The van der Waals surface area contributed by atoms with Crippen molar-refractivity contribution in [3.05, 3.63) is 0 Å². The third-order valence-electron chi connectivity index (χ3n) is 1.89. The van der Waals surface area contributed by atoms with Crippen molar-refractivity contribution >= 4 is 15.9 Å². The molecule has 0 aromatic heterocycles. The zero-order valence-electron chi connectivity index (χ0n) is 7.23. The molecule has 0 saturated carbocycles. The second-order valence-electron chi connectivity index (χ2n) is 2.94. The summed E-state index contributed by atoms with van der Waals surface area (Å²) in [5.41, 5.74) is 0. The number of rotatable bonds is 4. The highest BCUT2D eigenvalue weighted by molar-refractivity contribution is 9.09. The minimum atomic E-state index is 0.384. The largest absolute Gasteiger partial charge is 0.382 e. The molecule has 0 aliphatic heterocycles. The fraction of sp³-hybridized carbons (Fsp3) is 1.00. The lowest BCUT2D eigenvalue weighted by molar-refractivity contribution is 0.0978. The van der Waals surface area contributed by atoms with Crippen LogP contribution >= 0.6 is 15.9 Å². The van der Waals surface area contributed by atoms with Crippen LogP contribution in [0, 0.1) is 5.92 Å². The van der Waals surface area contributed by atoms with Crippen LogP contribution in [0.2, 0.25) is 0 Å². The van der Waals surface area contributed by atoms with Crippen LogP contribution in [0.5, 0.6) is 0 Å². The van der Waals surface area contributed by atoms with Crippen molar-refractivity contribution in [3.8, 4) is 0 Å². The van der Waals surface area contributed by atoms with Gasteiger partial charge in [0.2, 0.25) is 0 Å². The predicted molar refractivity (Wildman–Crippen MR) is 48.6 cm³/mol. The van der Waals surface area contributed by atoms with Gasteiger partial charge in [0.05, 0.1) is 6.10 Å². The number of alkyl halides is 1. The van der Waals surface area contributed by atoms with Gasteiger partial charge in [-0.05, 0) is 19.3 Å². The monoisotopic (exact) mass is 208 g/mol. The van der Waals surface area contributed by atoms with E-state index in [4.69, 9.17) is 4.74 Å². The van der Waals surface area contributed by atoms with E-state index in [0.717, 1.165) is 6.42 Å². The van der Waals surface area contributed by atoms with Crippen molar-refractivity contribution in [3.63, 3.8) is 0 Å². The van der Waals surface area contributed by atoms with E-state index < -0.39 is 0 Å². The molecule has 62 valence electrons. The van der Waals surface area contributed by atoms with Crippen LogP contribution in [0.25, 0.3) is 0 Å². The number of hydrogen-bond donors (Lipinski definition) is 0. The van der Waals surface area contributed by atoms with E-state index in [0.29, 0.717) is 16.8 Å². The third-order valence-corrected chi connectivity index (χ3v) is 2.79. The van der Waals surface area contributed by atoms with Gasteiger partial charge in [0.1, 0.15) is 0 Å². The molecule has 0 aromatic carbocycles. The first-order valence-corrected chi connectivity index (χ1v) is 4.66. The molecule has 0 radical (unpaired) electrons. The van der Waals surface area contributed by atoms with Crippen LogP contribution in [-0.4, -0.2) is 18.0 Å². The Morgan fingerprint density at radius 3 is 2.10 bits per heavy atom. The maximum absolute atomic E-state index is 5.15. The summed E-state index contributed by atoms with van der Waals surface area (Å²) in [6.07, 6.45) is 1.51. The predicted octanol–water partition coefficient (Wildman–Crippen LogP) is 2.83. The molecular weight excluding hydrogens is 192 g/mol. The van der Waals surface area contributed by atoms with Crippen LogP contribution in [-0.2, 0) is 4.74 Å². The molecule has 3 atom stereocenters. The van der Waals surface area contributed by atoms with Crippen molar-refractivity contribution in [1.82, 2.24) is 0 Å². The summed E-state index contributed by atoms with van der Waals surface area (Å²) in [6.45, 7) is 6.51. The van der Waals surface area contributed by atoms with E-state index in [9.17, 15) is 0 Å². The first-order chi connectivity index (χ1) is 4.57. The molecule has 0 heterocycles. The second kappa shape index (κ2) is 5.14. The summed E-state index contributed by atoms with van der Waals surface area (Å²) in [7, 11) is 1.76. The molecule has 2 heteroatoms. The molecule has 0 fully saturated rings. The molecule has 0 spiro atoms. The van der Waals surface area contributed by atoms with Crippen LogP contribution in [0.3, 0.4) is 0 Å². The minimum absolute atomic E-state index is 0.384. The van der Waals surface area contributed by atoms with Crippen molar-refractivity contribution < 1.29 is 4.74 Å². The fourth-order valence-corrected chi connectivity index (χ4v) is 1.02. The van der Waals surface area contributed by atoms with Gasteiger partial charge in [-0.2, -0.15) is 0 Å². The van der Waals surface area contributed by atoms with Gasteiger partial charge >= 0.3 is 0 Å². The van der Waals surface area contributed by atoms with Gasteiger partial charge in [-0.25, -0.2) is 0 Å². The average molecular weight is 209 g/mol. The maximum Gasteiger partial charge on any atom is 0.0546 e. The number of hydrogen-bond acceptors (Lipinski definition) is 1. The van der Waals surface area contributed by atoms with Crippen molar-refractivity contribution in [2.45, 2.75) is 38.1 Å². The Bertz CT molecular complexity index is 83.3. The van der Waals surface area contributed by atoms with E-state index in [2.05, 4.69) is 36.7 Å². The molecule has 0 saturated heterocycles. The van der Waals surface area contributed by atoms with Crippen LogP contribution < -0.4 is 0 Å². The molecule has 0 N–H and O–H groups in total. The van der Waals surface area contributed by atoms with Crippen molar-refractivity contribution in [2.75, 3.05) is 7.11 Å². The summed E-state index contributed by atoms with van der Waals surface area (Å²) in [5, 5.41) is 0. The molecule has 0 bridgehead atoms. The second-order valence-corrected chi connectivity index (χ2v) is 4.38. The van der Waals surface area contributed by atoms with Crippen LogP contribution in [0.1, 0.15) is 27.2 Å². The summed E-state index contributed by atoms with van der Waals surface area (Å²) in [6, 6.07) is 0. The molecule has 3 unspecified atom stereocenters. The van der Waals surface area contributed by atoms with Crippen LogP contribution in [0.15, 0.2) is 0 Å². The SMILES string of the molecule is COC(C)CC(C)C(C)Br. The number of methoxy groups -OCH3 is 1. The lowest BCUT2D eigenvalue weighted by atomic mass is 10.0. The van der Waals surface area contributed by atoms with Gasteiger partial charge in [0.25, 0.3) is 0 Å². The highest BCUT2D eigenvalue weighted by atomic mass is 79.9. The van der Waals surface area contributed by atoms with Gasteiger partial charge in [-0.15, -0.1) is 0 Å². The molecule has 0 rings (SSSR count). The zero-order valence-corrected chi connectivity index (χ0v) is 8.81. The van der Waals surface area contributed by atoms with E-state index in [1.807, 2.05) is 0 Å². The zero-order chi connectivity index (χ0) is 8.15. The molecular formula is C8H17BrO. The first kappa shape index (κ1) is 10.4. The topological polar surface area (TPSA) is 9.23 Å². The lowest BCUT2D eigenvalue weighted by Crippen LogP contribution is -2.15. The van der Waals surface area contributed by atoms with Gasteiger partial charge < -0.3 is 4.74 Å². The van der Waals surface area contributed by atoms with E-state index in [1.165, 1.54) is 0 Å². The Hall–Kier alpha value is 0.440. The minimum Gasteiger partial charge on any atom is -0.382 e. The third kappa shape index (κ3) is 4.29. The highest BCUT2D eigenvalue weighted by Crippen LogP contribution is 2.17. The first-order valence-electron chi connectivity index (χ1n) is 3.74. The number of halogens is 1.